The van der Waals surface area contributed by atoms with E-state index in [-0.39, 0.29) is 18.0 Å². The molecule has 0 radical (unpaired) electrons. The van der Waals surface area contributed by atoms with Gasteiger partial charge >= 0.3 is 0 Å². The van der Waals surface area contributed by atoms with Crippen LogP contribution in [0.15, 0.2) is 29.2 Å². The zero-order valence-electron chi connectivity index (χ0n) is 14.1. The summed E-state index contributed by atoms with van der Waals surface area (Å²) in [6.45, 7) is 5.40. The fourth-order valence-electron chi connectivity index (χ4n) is 2.55. The van der Waals surface area contributed by atoms with Gasteiger partial charge in [0.1, 0.15) is 0 Å². The molecule has 5 nitrogen and oxygen atoms in total. The summed E-state index contributed by atoms with van der Waals surface area (Å²) in [6, 6.07) is 7.77. The molecule has 0 unspecified atom stereocenters. The van der Waals surface area contributed by atoms with Gasteiger partial charge in [0.25, 0.3) is 0 Å². The number of aryl methyl sites for hydroxylation is 1. The highest BCUT2D eigenvalue weighted by Gasteiger charge is 2.28. The van der Waals surface area contributed by atoms with E-state index in [9.17, 15) is 13.2 Å². The molecule has 0 aromatic heterocycles. The lowest BCUT2D eigenvalue weighted by Crippen LogP contribution is -2.46. The van der Waals surface area contributed by atoms with Gasteiger partial charge in [0.05, 0.1) is 11.4 Å². The lowest BCUT2D eigenvalue weighted by atomic mass is 9.98. The molecular formula is C17H24N2O3S. The predicted molar refractivity (Wildman–Crippen MR) is 92.2 cm³/mol. The summed E-state index contributed by atoms with van der Waals surface area (Å²) >= 11 is 0. The van der Waals surface area contributed by atoms with Crippen molar-refractivity contribution in [2.75, 3.05) is 13.6 Å². The number of hydrogen-bond donors (Lipinski definition) is 1. The van der Waals surface area contributed by atoms with E-state index in [0.29, 0.717) is 17.7 Å². The molecule has 1 aliphatic rings. The zero-order valence-corrected chi connectivity index (χ0v) is 14.9. The van der Waals surface area contributed by atoms with Crippen molar-refractivity contribution in [2.24, 2.45) is 0 Å². The summed E-state index contributed by atoms with van der Waals surface area (Å²) in [5.74, 6) is -0.305. The second-order valence-corrected chi connectivity index (χ2v) is 8.97. The Kier molecular flexibility index (Phi) is 4.96. The molecule has 1 aromatic carbocycles. The Balaban J connectivity index is 2.16. The summed E-state index contributed by atoms with van der Waals surface area (Å²) in [7, 11) is -2.18. The van der Waals surface area contributed by atoms with Gasteiger partial charge in [-0.15, -0.1) is 0 Å². The number of likely N-dealkylation sites (N-methyl/N-ethyl adjacent to an activating group) is 1. The monoisotopic (exact) mass is 336 g/mol. The number of carbonyl (C=O) groups excluding carboxylic acids is 1. The van der Waals surface area contributed by atoms with E-state index in [1.165, 1.54) is 7.05 Å². The highest BCUT2D eigenvalue weighted by Crippen LogP contribution is 2.28. The van der Waals surface area contributed by atoms with Crippen molar-refractivity contribution < 1.29 is 13.2 Å². The highest BCUT2D eigenvalue weighted by atomic mass is 32.2. The van der Waals surface area contributed by atoms with Gasteiger partial charge in [-0.3, -0.25) is 4.79 Å². The van der Waals surface area contributed by atoms with Gasteiger partial charge in [-0.1, -0.05) is 24.3 Å². The number of fused-ring (bicyclic) bond motifs is 1. The molecule has 2 rings (SSSR count). The molecule has 0 heterocycles. The van der Waals surface area contributed by atoms with Crippen LogP contribution in [0.3, 0.4) is 0 Å². The minimum Gasteiger partial charge on any atom is -0.350 e. The van der Waals surface area contributed by atoms with Crippen LogP contribution < -0.4 is 5.32 Å². The van der Waals surface area contributed by atoms with Crippen LogP contribution in [-0.4, -0.2) is 37.8 Å². The van der Waals surface area contributed by atoms with Gasteiger partial charge in [0, 0.05) is 12.6 Å². The number of sulfonamides is 1. The second-order valence-electron chi connectivity index (χ2n) is 6.87. The van der Waals surface area contributed by atoms with Gasteiger partial charge in [-0.2, -0.15) is 4.31 Å². The van der Waals surface area contributed by atoms with Crippen molar-refractivity contribution in [3.63, 3.8) is 0 Å². The van der Waals surface area contributed by atoms with Gasteiger partial charge in [-0.05, 0) is 50.8 Å². The molecule has 1 amide bonds. The van der Waals surface area contributed by atoms with Crippen molar-refractivity contribution in [1.29, 1.82) is 0 Å². The van der Waals surface area contributed by atoms with E-state index < -0.39 is 10.0 Å². The number of nitrogens with zero attached hydrogens (tertiary/aromatic N) is 1. The van der Waals surface area contributed by atoms with E-state index in [1.807, 2.05) is 45.0 Å². The maximum absolute atomic E-state index is 12.7. The topological polar surface area (TPSA) is 66.5 Å². The summed E-state index contributed by atoms with van der Waals surface area (Å²) in [5.41, 5.74) is 1.70. The van der Waals surface area contributed by atoms with Crippen molar-refractivity contribution in [2.45, 2.75) is 39.2 Å². The van der Waals surface area contributed by atoms with Gasteiger partial charge in [-0.25, -0.2) is 8.42 Å². The first-order valence-electron chi connectivity index (χ1n) is 7.65. The first-order chi connectivity index (χ1) is 10.6. The second kappa shape index (κ2) is 6.45. The standard InChI is InChI=1S/C17H24N2O3S/c1-17(2,3)18-16(20)12-19(4)23(21,22)15-10-9-13-7-5-6-8-14(13)11-15/h5-8,11H,9-10,12H2,1-4H3,(H,18,20). The van der Waals surface area contributed by atoms with Crippen LogP contribution in [0.25, 0.3) is 6.08 Å². The number of nitrogens with one attached hydrogen (secondary N) is 1. The maximum Gasteiger partial charge on any atom is 0.239 e. The van der Waals surface area contributed by atoms with Crippen molar-refractivity contribution in [3.05, 3.63) is 40.3 Å². The quantitative estimate of drug-likeness (QED) is 0.916. The third kappa shape index (κ3) is 4.42. The average Bonchev–Trinajstić information content (AvgIpc) is 2.44. The first kappa shape index (κ1) is 17.7. The van der Waals surface area contributed by atoms with Crippen LogP contribution in [0, 0.1) is 0 Å². The van der Waals surface area contributed by atoms with Crippen LogP contribution in [0.5, 0.6) is 0 Å². The van der Waals surface area contributed by atoms with E-state index in [4.69, 9.17) is 0 Å². The van der Waals surface area contributed by atoms with E-state index in [0.717, 1.165) is 15.4 Å². The minimum atomic E-state index is -3.62. The minimum absolute atomic E-state index is 0.182. The number of hydrogen-bond acceptors (Lipinski definition) is 3. The van der Waals surface area contributed by atoms with E-state index in [2.05, 4.69) is 5.32 Å². The summed E-state index contributed by atoms with van der Waals surface area (Å²) in [4.78, 5) is 12.3. The van der Waals surface area contributed by atoms with Crippen molar-refractivity contribution in [3.8, 4) is 0 Å². The molecule has 6 heteroatoms. The van der Waals surface area contributed by atoms with Crippen LogP contribution in [0.4, 0.5) is 0 Å². The predicted octanol–water partition coefficient (Wildman–Crippen LogP) is 2.15. The van der Waals surface area contributed by atoms with Crippen molar-refractivity contribution in [1.82, 2.24) is 9.62 Å². The Hall–Kier alpha value is -1.66. The highest BCUT2D eigenvalue weighted by molar-refractivity contribution is 7.93. The third-order valence-corrected chi connectivity index (χ3v) is 5.57. The third-order valence-electron chi connectivity index (χ3n) is 3.63. The SMILES string of the molecule is CN(CC(=O)NC(C)(C)C)S(=O)(=O)C1=Cc2ccccc2CC1. The van der Waals surface area contributed by atoms with E-state index >= 15 is 0 Å². The molecule has 1 aromatic rings. The average molecular weight is 336 g/mol. The molecule has 0 aliphatic heterocycles. The van der Waals surface area contributed by atoms with Crippen LogP contribution >= 0.6 is 0 Å². The van der Waals surface area contributed by atoms with Crippen LogP contribution in [0.2, 0.25) is 0 Å². The fraction of sp³-hybridized carbons (Fsp3) is 0.471. The molecule has 1 N–H and O–H groups in total. The normalized spacial score (nSPS) is 15.1. The summed E-state index contributed by atoms with van der Waals surface area (Å²) < 4.78 is 26.5. The fourth-order valence-corrected chi connectivity index (χ4v) is 3.88. The van der Waals surface area contributed by atoms with Crippen LogP contribution in [0.1, 0.15) is 38.3 Å². The Morgan fingerprint density at radius 1 is 1.22 bits per heavy atom. The molecule has 0 fully saturated rings. The number of carbonyl (C=O) groups is 1. The van der Waals surface area contributed by atoms with Gasteiger partial charge in [0.2, 0.25) is 15.9 Å². The first-order valence-corrected chi connectivity index (χ1v) is 9.09. The lowest BCUT2D eigenvalue weighted by molar-refractivity contribution is -0.122. The molecule has 0 saturated carbocycles. The largest absolute Gasteiger partial charge is 0.350 e. The molecular weight excluding hydrogens is 312 g/mol. The number of rotatable bonds is 4. The smallest absolute Gasteiger partial charge is 0.239 e. The molecule has 0 bridgehead atoms. The number of allylic oxidation sites excluding steroid dienone is 1. The molecule has 0 atom stereocenters. The molecule has 0 spiro atoms. The van der Waals surface area contributed by atoms with Gasteiger partial charge in [0.15, 0.2) is 0 Å². The molecule has 0 saturated heterocycles. The molecule has 23 heavy (non-hydrogen) atoms. The Morgan fingerprint density at radius 2 is 1.87 bits per heavy atom. The van der Waals surface area contributed by atoms with Crippen molar-refractivity contribution >= 4 is 22.0 Å². The van der Waals surface area contributed by atoms with Crippen LogP contribution in [-0.2, 0) is 21.2 Å². The summed E-state index contributed by atoms with van der Waals surface area (Å²) in [6.07, 6.45) is 2.88. The van der Waals surface area contributed by atoms with E-state index in [1.54, 1.807) is 6.08 Å². The Morgan fingerprint density at radius 3 is 2.52 bits per heavy atom. The molecule has 1 aliphatic carbocycles. The lowest BCUT2D eigenvalue weighted by Gasteiger charge is -2.25. The summed E-state index contributed by atoms with van der Waals surface area (Å²) in [5, 5.41) is 2.78. The molecule has 126 valence electrons. The zero-order chi connectivity index (χ0) is 17.3. The van der Waals surface area contributed by atoms with Gasteiger partial charge < -0.3 is 5.32 Å². The number of amides is 1. The maximum atomic E-state index is 12.7. The number of benzene rings is 1. The Bertz CT molecular complexity index is 730. The Labute approximate surface area is 138 Å².